The van der Waals surface area contributed by atoms with Crippen molar-refractivity contribution in [2.24, 2.45) is 7.05 Å². The second-order valence-electron chi connectivity index (χ2n) is 7.80. The summed E-state index contributed by atoms with van der Waals surface area (Å²) in [6.07, 6.45) is 0. The SMILES string of the molecule is Cc1cc(C)c2nc(N(Cc3ccccc3)C(=O)C(=O)c3c(C)nn(C)c3C)sc2c1. The number of rotatable bonds is 5. The van der Waals surface area contributed by atoms with E-state index in [-0.39, 0.29) is 6.54 Å². The lowest BCUT2D eigenvalue weighted by molar-refractivity contribution is -0.114. The summed E-state index contributed by atoms with van der Waals surface area (Å²) in [5.74, 6) is -1.16. The summed E-state index contributed by atoms with van der Waals surface area (Å²) >= 11 is 1.43. The molecule has 4 aromatic rings. The molecule has 0 saturated heterocycles. The van der Waals surface area contributed by atoms with Gasteiger partial charge in [0.15, 0.2) is 5.13 Å². The number of Topliss-reactive ketones (excluding diaryl/α,β-unsaturated/α-hetero) is 1. The highest BCUT2D eigenvalue weighted by Crippen LogP contribution is 2.33. The fraction of sp³-hybridized carbons (Fsp3) is 0.250. The second kappa shape index (κ2) is 8.07. The topological polar surface area (TPSA) is 68.1 Å². The van der Waals surface area contributed by atoms with Crippen molar-refractivity contribution >= 4 is 38.4 Å². The molecule has 0 unspecified atom stereocenters. The van der Waals surface area contributed by atoms with E-state index in [2.05, 4.69) is 17.2 Å². The van der Waals surface area contributed by atoms with Crippen LogP contribution in [0.1, 0.15) is 38.4 Å². The number of carbonyl (C=O) groups excluding carboxylic acids is 2. The summed E-state index contributed by atoms with van der Waals surface area (Å²) in [5.41, 5.74) is 5.56. The number of hydrogen-bond donors (Lipinski definition) is 0. The van der Waals surface area contributed by atoms with Crippen LogP contribution in [0.3, 0.4) is 0 Å². The number of aromatic nitrogens is 3. The lowest BCUT2D eigenvalue weighted by Gasteiger charge is -2.19. The van der Waals surface area contributed by atoms with Gasteiger partial charge in [0.2, 0.25) is 0 Å². The first kappa shape index (κ1) is 20.9. The molecule has 0 bridgehead atoms. The maximum atomic E-state index is 13.5. The molecule has 0 fully saturated rings. The van der Waals surface area contributed by atoms with Gasteiger partial charge in [-0.25, -0.2) is 4.98 Å². The summed E-state index contributed by atoms with van der Waals surface area (Å²) in [5, 5.41) is 4.82. The Morgan fingerprint density at radius 2 is 1.77 bits per heavy atom. The molecule has 0 aliphatic carbocycles. The number of thiazole rings is 1. The standard InChI is InChI=1S/C24H24N4O2S/c1-14-11-15(2)21-19(12-14)31-24(25-21)28(13-18-9-7-6-8-10-18)23(30)22(29)20-16(3)26-27(5)17(20)4/h6-12H,13H2,1-5H3. The highest BCUT2D eigenvalue weighted by molar-refractivity contribution is 7.22. The zero-order chi connectivity index (χ0) is 22.3. The highest BCUT2D eigenvalue weighted by Gasteiger charge is 2.31. The summed E-state index contributed by atoms with van der Waals surface area (Å²) < 4.78 is 2.63. The summed E-state index contributed by atoms with van der Waals surface area (Å²) in [7, 11) is 1.77. The Labute approximate surface area is 185 Å². The molecule has 6 nitrogen and oxygen atoms in total. The highest BCUT2D eigenvalue weighted by atomic mass is 32.1. The van der Waals surface area contributed by atoms with Gasteiger partial charge in [0.1, 0.15) is 0 Å². The molecule has 1 amide bonds. The Hall–Kier alpha value is -3.32. The molecule has 2 heterocycles. The van der Waals surface area contributed by atoms with Crippen LogP contribution < -0.4 is 4.90 Å². The van der Waals surface area contributed by atoms with Crippen LogP contribution in [0.2, 0.25) is 0 Å². The molecule has 0 aliphatic heterocycles. The van der Waals surface area contributed by atoms with Gasteiger partial charge >= 0.3 is 5.91 Å². The monoisotopic (exact) mass is 432 g/mol. The molecule has 31 heavy (non-hydrogen) atoms. The van der Waals surface area contributed by atoms with E-state index in [0.717, 1.165) is 26.9 Å². The fourth-order valence-corrected chi connectivity index (χ4v) is 4.94. The molecular formula is C24H24N4O2S. The molecular weight excluding hydrogens is 408 g/mol. The van der Waals surface area contributed by atoms with Crippen molar-refractivity contribution in [1.82, 2.24) is 14.8 Å². The molecule has 0 aliphatic rings. The van der Waals surface area contributed by atoms with Crippen LogP contribution in [0, 0.1) is 27.7 Å². The van der Waals surface area contributed by atoms with Crippen molar-refractivity contribution in [3.63, 3.8) is 0 Å². The van der Waals surface area contributed by atoms with Gasteiger partial charge in [0.25, 0.3) is 5.78 Å². The van der Waals surface area contributed by atoms with Gasteiger partial charge in [-0.3, -0.25) is 19.2 Å². The number of benzene rings is 2. The van der Waals surface area contributed by atoms with Crippen LogP contribution in [0.4, 0.5) is 5.13 Å². The number of ketones is 1. The van der Waals surface area contributed by atoms with Gasteiger partial charge in [-0.1, -0.05) is 47.7 Å². The van der Waals surface area contributed by atoms with E-state index >= 15 is 0 Å². The number of nitrogens with zero attached hydrogens (tertiary/aromatic N) is 4. The van der Waals surface area contributed by atoms with Crippen molar-refractivity contribution in [3.05, 3.63) is 76.1 Å². The first-order valence-electron chi connectivity index (χ1n) is 10.0. The van der Waals surface area contributed by atoms with Crippen LogP contribution in [0.5, 0.6) is 0 Å². The van der Waals surface area contributed by atoms with E-state index in [1.165, 1.54) is 16.2 Å². The van der Waals surface area contributed by atoms with Crippen LogP contribution in [-0.4, -0.2) is 26.5 Å². The van der Waals surface area contributed by atoms with Crippen LogP contribution in [-0.2, 0) is 18.4 Å². The first-order chi connectivity index (χ1) is 14.8. The van der Waals surface area contributed by atoms with E-state index in [1.807, 2.05) is 44.2 Å². The van der Waals surface area contributed by atoms with Crippen molar-refractivity contribution in [2.75, 3.05) is 4.90 Å². The Morgan fingerprint density at radius 3 is 2.42 bits per heavy atom. The molecule has 158 valence electrons. The van der Waals surface area contributed by atoms with Gasteiger partial charge < -0.3 is 0 Å². The minimum absolute atomic E-state index is 0.265. The molecule has 0 radical (unpaired) electrons. The smallest absolute Gasteiger partial charge is 0.283 e. The minimum atomic E-state index is -0.600. The van der Waals surface area contributed by atoms with Crippen molar-refractivity contribution in [1.29, 1.82) is 0 Å². The quantitative estimate of drug-likeness (QED) is 0.339. The average molecular weight is 433 g/mol. The van der Waals surface area contributed by atoms with Gasteiger partial charge in [-0.15, -0.1) is 0 Å². The molecule has 0 saturated carbocycles. The maximum Gasteiger partial charge on any atom is 0.301 e. The van der Waals surface area contributed by atoms with Crippen LogP contribution in [0.25, 0.3) is 10.2 Å². The second-order valence-corrected chi connectivity index (χ2v) is 8.81. The van der Waals surface area contributed by atoms with Crippen LogP contribution >= 0.6 is 11.3 Å². The number of amides is 1. The normalized spacial score (nSPS) is 11.1. The zero-order valence-corrected chi connectivity index (χ0v) is 19.1. The van der Waals surface area contributed by atoms with Gasteiger partial charge in [0.05, 0.1) is 28.0 Å². The van der Waals surface area contributed by atoms with E-state index in [9.17, 15) is 9.59 Å². The average Bonchev–Trinajstić information content (AvgIpc) is 3.26. The number of aryl methyl sites for hydroxylation is 4. The fourth-order valence-electron chi connectivity index (χ4n) is 3.80. The van der Waals surface area contributed by atoms with E-state index in [1.54, 1.807) is 25.6 Å². The largest absolute Gasteiger partial charge is 0.301 e. The van der Waals surface area contributed by atoms with Crippen molar-refractivity contribution < 1.29 is 9.59 Å². The number of hydrogen-bond acceptors (Lipinski definition) is 5. The Bertz CT molecular complexity index is 1300. The lowest BCUT2D eigenvalue weighted by Crippen LogP contribution is -2.36. The molecule has 0 spiro atoms. The van der Waals surface area contributed by atoms with E-state index in [0.29, 0.717) is 22.1 Å². The van der Waals surface area contributed by atoms with Crippen molar-refractivity contribution in [2.45, 2.75) is 34.2 Å². The summed E-state index contributed by atoms with van der Waals surface area (Å²) in [6.45, 7) is 7.86. The molecule has 4 rings (SSSR count). The minimum Gasteiger partial charge on any atom is -0.283 e. The number of anilines is 1. The van der Waals surface area contributed by atoms with Crippen molar-refractivity contribution in [3.8, 4) is 0 Å². The van der Waals surface area contributed by atoms with Gasteiger partial charge in [0, 0.05) is 12.7 Å². The summed E-state index contributed by atoms with van der Waals surface area (Å²) in [6, 6.07) is 13.8. The summed E-state index contributed by atoms with van der Waals surface area (Å²) in [4.78, 5) is 33.0. The molecule has 0 N–H and O–H groups in total. The zero-order valence-electron chi connectivity index (χ0n) is 18.3. The van der Waals surface area contributed by atoms with E-state index < -0.39 is 11.7 Å². The predicted molar refractivity (Wildman–Crippen MR) is 124 cm³/mol. The Kier molecular flexibility index (Phi) is 5.45. The van der Waals surface area contributed by atoms with Crippen LogP contribution in [0.15, 0.2) is 42.5 Å². The van der Waals surface area contributed by atoms with E-state index in [4.69, 9.17) is 4.98 Å². The molecule has 2 aromatic carbocycles. The maximum absolute atomic E-state index is 13.5. The number of fused-ring (bicyclic) bond motifs is 1. The molecule has 2 aromatic heterocycles. The molecule has 0 atom stereocenters. The lowest BCUT2D eigenvalue weighted by atomic mass is 10.1. The third kappa shape index (κ3) is 3.88. The van der Waals surface area contributed by atoms with Gasteiger partial charge in [-0.05, 0) is 50.5 Å². The third-order valence-corrected chi connectivity index (χ3v) is 6.43. The Balaban J connectivity index is 1.80. The predicted octanol–water partition coefficient (Wildman–Crippen LogP) is 4.68. The Morgan fingerprint density at radius 1 is 1.06 bits per heavy atom. The molecule has 7 heteroatoms. The first-order valence-corrected chi connectivity index (χ1v) is 10.9. The van der Waals surface area contributed by atoms with Gasteiger partial charge in [-0.2, -0.15) is 5.10 Å². The number of carbonyl (C=O) groups is 2. The third-order valence-electron chi connectivity index (χ3n) is 5.41.